The molecule has 26 heavy (non-hydrogen) atoms. The predicted octanol–water partition coefficient (Wildman–Crippen LogP) is 3.95. The van der Waals surface area contributed by atoms with Crippen LogP contribution in [-0.2, 0) is 14.8 Å². The second-order valence-electron chi connectivity index (χ2n) is 6.11. The first-order valence-corrected chi connectivity index (χ1v) is 9.43. The lowest BCUT2D eigenvalue weighted by molar-refractivity contribution is 0.0600. The van der Waals surface area contributed by atoms with Crippen LogP contribution in [0.3, 0.4) is 0 Å². The van der Waals surface area contributed by atoms with Crippen LogP contribution in [0, 0.1) is 20.8 Å². The Balaban J connectivity index is 2.09. The molecule has 0 unspecified atom stereocenters. The third-order valence-electron chi connectivity index (χ3n) is 4.18. The van der Waals surface area contributed by atoms with Gasteiger partial charge < -0.3 is 9.15 Å². The summed E-state index contributed by atoms with van der Waals surface area (Å²) in [7, 11) is -2.46. The molecule has 0 aliphatic heterocycles. The molecule has 1 N–H and O–H groups in total. The van der Waals surface area contributed by atoms with Crippen LogP contribution in [0.15, 0.2) is 45.7 Å². The third-order valence-corrected chi connectivity index (χ3v) is 5.56. The number of sulfonamides is 1. The van der Waals surface area contributed by atoms with E-state index in [1.54, 1.807) is 50.2 Å². The van der Waals surface area contributed by atoms with Crippen LogP contribution in [0.4, 0.5) is 5.69 Å². The number of hydrogen-bond acceptors (Lipinski definition) is 5. The summed E-state index contributed by atoms with van der Waals surface area (Å²) < 4.78 is 38.3. The Morgan fingerprint density at radius 2 is 1.73 bits per heavy atom. The van der Waals surface area contributed by atoms with Gasteiger partial charge in [-0.2, -0.15) is 0 Å². The summed E-state index contributed by atoms with van der Waals surface area (Å²) in [5.41, 5.74) is 2.82. The summed E-state index contributed by atoms with van der Waals surface area (Å²) in [6.07, 6.45) is 0. The third kappa shape index (κ3) is 3.17. The zero-order valence-corrected chi connectivity index (χ0v) is 15.7. The van der Waals surface area contributed by atoms with Gasteiger partial charge in [-0.1, -0.05) is 17.7 Å². The molecular formula is C19H19NO5S. The fourth-order valence-corrected chi connectivity index (χ4v) is 3.88. The first kappa shape index (κ1) is 18.0. The van der Waals surface area contributed by atoms with Gasteiger partial charge >= 0.3 is 5.97 Å². The molecule has 3 aromatic rings. The Bertz CT molecular complexity index is 1100. The SMILES string of the molecule is COC(=O)c1c(C)oc2cc(C)c(NS(=O)(=O)c3ccc(C)cc3)cc12. The fraction of sp³-hybridized carbons (Fsp3) is 0.211. The molecule has 0 bridgehead atoms. The number of carbonyl (C=O) groups is 1. The van der Waals surface area contributed by atoms with Crippen molar-refractivity contribution in [1.82, 2.24) is 0 Å². The summed E-state index contributed by atoms with van der Waals surface area (Å²) in [6, 6.07) is 9.86. The Kier molecular flexibility index (Phi) is 4.50. The minimum Gasteiger partial charge on any atom is -0.465 e. The molecule has 0 amide bonds. The van der Waals surface area contributed by atoms with E-state index in [1.807, 2.05) is 6.92 Å². The number of methoxy groups -OCH3 is 1. The van der Waals surface area contributed by atoms with Crippen LogP contribution in [-0.4, -0.2) is 21.5 Å². The molecule has 136 valence electrons. The van der Waals surface area contributed by atoms with Gasteiger partial charge in [0, 0.05) is 5.39 Å². The molecule has 1 heterocycles. The normalized spacial score (nSPS) is 11.5. The number of nitrogens with one attached hydrogen (secondary N) is 1. The molecule has 0 aliphatic rings. The summed E-state index contributed by atoms with van der Waals surface area (Å²) in [5, 5.41) is 0.501. The van der Waals surface area contributed by atoms with Gasteiger partial charge in [-0.3, -0.25) is 4.72 Å². The summed E-state index contributed by atoms with van der Waals surface area (Å²) in [6.45, 7) is 5.32. The van der Waals surface area contributed by atoms with Gasteiger partial charge in [-0.15, -0.1) is 0 Å². The standard InChI is InChI=1S/C19H19NO5S/c1-11-5-7-14(8-6-11)26(22,23)20-16-10-15-17(9-12(16)2)25-13(3)18(15)19(21)24-4/h5-10,20H,1-4H3. The molecule has 7 heteroatoms. The second kappa shape index (κ2) is 6.49. The average Bonchev–Trinajstić information content (AvgIpc) is 2.89. The highest BCUT2D eigenvalue weighted by molar-refractivity contribution is 7.92. The number of benzene rings is 2. The first-order valence-electron chi connectivity index (χ1n) is 7.94. The maximum atomic E-state index is 12.7. The predicted molar refractivity (Wildman–Crippen MR) is 99.0 cm³/mol. The number of hydrogen-bond donors (Lipinski definition) is 1. The van der Waals surface area contributed by atoms with Gasteiger partial charge in [-0.05, 0) is 50.6 Å². The molecule has 2 aromatic carbocycles. The van der Waals surface area contributed by atoms with Gasteiger partial charge in [0.2, 0.25) is 0 Å². The fourth-order valence-electron chi connectivity index (χ4n) is 2.75. The van der Waals surface area contributed by atoms with E-state index in [4.69, 9.17) is 9.15 Å². The van der Waals surface area contributed by atoms with Crippen molar-refractivity contribution in [3.63, 3.8) is 0 Å². The Morgan fingerprint density at radius 1 is 1.08 bits per heavy atom. The molecule has 0 atom stereocenters. The van der Waals surface area contributed by atoms with E-state index in [-0.39, 0.29) is 4.90 Å². The summed E-state index contributed by atoms with van der Waals surface area (Å²) in [5.74, 6) is -0.109. The van der Waals surface area contributed by atoms with Gasteiger partial charge in [0.25, 0.3) is 10.0 Å². The van der Waals surface area contributed by atoms with Gasteiger partial charge in [0.15, 0.2) is 0 Å². The molecule has 0 aliphatic carbocycles. The van der Waals surface area contributed by atoms with E-state index in [1.165, 1.54) is 7.11 Å². The zero-order valence-electron chi connectivity index (χ0n) is 14.9. The smallest absolute Gasteiger partial charge is 0.342 e. The van der Waals surface area contributed by atoms with E-state index in [0.717, 1.165) is 5.56 Å². The molecule has 0 spiro atoms. The Morgan fingerprint density at radius 3 is 2.35 bits per heavy atom. The number of carbonyl (C=O) groups excluding carboxylic acids is 1. The van der Waals surface area contributed by atoms with Crippen molar-refractivity contribution >= 4 is 32.6 Å². The highest BCUT2D eigenvalue weighted by Gasteiger charge is 2.22. The summed E-state index contributed by atoms with van der Waals surface area (Å²) >= 11 is 0. The van der Waals surface area contributed by atoms with Crippen LogP contribution in [0.2, 0.25) is 0 Å². The molecular weight excluding hydrogens is 354 g/mol. The maximum Gasteiger partial charge on any atom is 0.342 e. The number of ether oxygens (including phenoxy) is 1. The van der Waals surface area contributed by atoms with Gasteiger partial charge in [-0.25, -0.2) is 13.2 Å². The van der Waals surface area contributed by atoms with Crippen molar-refractivity contribution in [2.24, 2.45) is 0 Å². The molecule has 0 radical (unpaired) electrons. The zero-order chi connectivity index (χ0) is 19.1. The maximum absolute atomic E-state index is 12.7. The van der Waals surface area contributed by atoms with Crippen molar-refractivity contribution in [3.05, 3.63) is 58.8 Å². The van der Waals surface area contributed by atoms with Crippen LogP contribution in [0.1, 0.15) is 27.2 Å². The quantitative estimate of drug-likeness (QED) is 0.700. The van der Waals surface area contributed by atoms with Crippen molar-refractivity contribution in [2.75, 3.05) is 11.8 Å². The first-order chi connectivity index (χ1) is 12.2. The largest absolute Gasteiger partial charge is 0.465 e. The van der Waals surface area contributed by atoms with E-state index in [0.29, 0.717) is 33.5 Å². The Hall–Kier alpha value is -2.80. The molecule has 0 saturated carbocycles. The number of furan rings is 1. The minimum absolute atomic E-state index is 0.166. The Labute approximate surface area is 151 Å². The van der Waals surface area contributed by atoms with Gasteiger partial charge in [0.05, 0.1) is 17.7 Å². The van der Waals surface area contributed by atoms with Crippen molar-refractivity contribution in [1.29, 1.82) is 0 Å². The highest BCUT2D eigenvalue weighted by atomic mass is 32.2. The molecule has 6 nitrogen and oxygen atoms in total. The average molecular weight is 373 g/mol. The number of fused-ring (bicyclic) bond motifs is 1. The lowest BCUT2D eigenvalue weighted by Crippen LogP contribution is -2.13. The molecule has 0 saturated heterocycles. The molecule has 0 fully saturated rings. The minimum atomic E-state index is -3.75. The second-order valence-corrected chi connectivity index (χ2v) is 7.79. The van der Waals surface area contributed by atoms with E-state index < -0.39 is 16.0 Å². The number of aryl methyl sites for hydroxylation is 3. The van der Waals surface area contributed by atoms with E-state index >= 15 is 0 Å². The van der Waals surface area contributed by atoms with Crippen molar-refractivity contribution in [3.8, 4) is 0 Å². The lowest BCUT2D eigenvalue weighted by Gasteiger charge is -2.11. The topological polar surface area (TPSA) is 85.6 Å². The van der Waals surface area contributed by atoms with Crippen LogP contribution in [0.25, 0.3) is 11.0 Å². The number of rotatable bonds is 4. The lowest BCUT2D eigenvalue weighted by atomic mass is 10.1. The van der Waals surface area contributed by atoms with Crippen molar-refractivity contribution in [2.45, 2.75) is 25.7 Å². The monoisotopic (exact) mass is 373 g/mol. The van der Waals surface area contributed by atoms with Crippen molar-refractivity contribution < 1.29 is 22.4 Å². The number of anilines is 1. The van der Waals surface area contributed by atoms with Gasteiger partial charge in [0.1, 0.15) is 16.9 Å². The van der Waals surface area contributed by atoms with E-state index in [9.17, 15) is 13.2 Å². The number of esters is 1. The van der Waals surface area contributed by atoms with Crippen LogP contribution in [0.5, 0.6) is 0 Å². The molecule has 3 rings (SSSR count). The highest BCUT2D eigenvalue weighted by Crippen LogP contribution is 2.32. The molecule has 1 aromatic heterocycles. The summed E-state index contributed by atoms with van der Waals surface area (Å²) in [4.78, 5) is 12.2. The van der Waals surface area contributed by atoms with E-state index in [2.05, 4.69) is 4.72 Å². The van der Waals surface area contributed by atoms with Crippen LogP contribution < -0.4 is 4.72 Å². The van der Waals surface area contributed by atoms with Crippen LogP contribution >= 0.6 is 0 Å².